The van der Waals surface area contributed by atoms with Crippen LogP contribution in [0.15, 0.2) is 17.1 Å². The van der Waals surface area contributed by atoms with Crippen LogP contribution < -0.4 is 4.74 Å². The Kier molecular flexibility index (Phi) is 11.8. The molecule has 0 radical (unpaired) electrons. The number of aromatic hydroxyl groups is 1. The molecule has 0 unspecified atom stereocenters. The van der Waals surface area contributed by atoms with E-state index in [1.165, 1.54) is 0 Å². The molecule has 0 bridgehead atoms. The number of hydrogen-bond acceptors (Lipinski definition) is 7. The number of aliphatic imine (C=N–C) groups is 1. The molecule has 43 heavy (non-hydrogen) atoms. The first-order valence-electron chi connectivity index (χ1n) is 15.9. The summed E-state index contributed by atoms with van der Waals surface area (Å²) in [6.07, 6.45) is 7.56. The molecule has 1 fully saturated rings. The Balaban J connectivity index is 1.92. The summed E-state index contributed by atoms with van der Waals surface area (Å²) >= 11 is 4.66. The van der Waals surface area contributed by atoms with Gasteiger partial charge in [-0.2, -0.15) is 0 Å². The predicted octanol–water partition coefficient (Wildman–Crippen LogP) is 8.77. The van der Waals surface area contributed by atoms with Crippen LogP contribution in [0.2, 0.25) is 18.1 Å². The van der Waals surface area contributed by atoms with Crippen LogP contribution in [-0.4, -0.2) is 57.3 Å². The Labute approximate surface area is 267 Å². The predicted molar refractivity (Wildman–Crippen MR) is 181 cm³/mol. The van der Waals surface area contributed by atoms with Crippen LogP contribution in [0, 0.1) is 17.8 Å². The summed E-state index contributed by atoms with van der Waals surface area (Å²) in [4.78, 5) is 4.01. The van der Waals surface area contributed by atoms with Gasteiger partial charge in [0.05, 0.1) is 11.8 Å². The molecular formula is C35H55NO5SSi. The van der Waals surface area contributed by atoms with Crippen molar-refractivity contribution in [2.75, 3.05) is 27.4 Å². The molecule has 2 aliphatic rings. The van der Waals surface area contributed by atoms with Crippen LogP contribution in [0.25, 0.3) is 0 Å². The summed E-state index contributed by atoms with van der Waals surface area (Å²) in [7, 11) is 1.49. The summed E-state index contributed by atoms with van der Waals surface area (Å²) in [6.45, 7) is 18.9. The van der Waals surface area contributed by atoms with E-state index in [4.69, 9.17) is 18.6 Å². The van der Waals surface area contributed by atoms with Crippen LogP contribution in [-0.2, 0) is 19.3 Å². The number of phenolic OH excluding ortho intramolecular Hbond substituents is 1. The van der Waals surface area contributed by atoms with Gasteiger partial charge in [-0.25, -0.2) is 4.99 Å². The van der Waals surface area contributed by atoms with E-state index in [2.05, 4.69) is 94.9 Å². The molecule has 0 spiro atoms. The van der Waals surface area contributed by atoms with E-state index in [9.17, 15) is 5.11 Å². The normalized spacial score (nSPS) is 23.2. The molecule has 240 valence electrons. The number of nitrogens with zero attached hydrogens (tertiary/aromatic N) is 1. The van der Waals surface area contributed by atoms with Crippen molar-refractivity contribution in [2.45, 2.75) is 134 Å². The van der Waals surface area contributed by atoms with Gasteiger partial charge in [0.15, 0.2) is 19.7 Å². The Bertz CT molecular complexity index is 1220. The van der Waals surface area contributed by atoms with Gasteiger partial charge >= 0.3 is 0 Å². The van der Waals surface area contributed by atoms with Crippen molar-refractivity contribution in [3.63, 3.8) is 0 Å². The van der Waals surface area contributed by atoms with Gasteiger partial charge in [-0.1, -0.05) is 65.7 Å². The number of fused-ring (bicyclic) bond motifs is 3. The standard InChI is InChI=1S/C35H55NO5SSi/c1-32(2,3)43(9,10)40-21-15-18-34(6)28-16-19-35(38-7,39-8)24-27(28)31-29(37)22-26(23-30(31)41-34)33(4,5)17-13-11-12-14-20-36-25-42/h22-23,27-28,37H,11-14,16-17,19-21,24H2,1-10H3/t27-,28-,34+/m1/s1. The fourth-order valence-electron chi connectivity index (χ4n) is 6.40. The van der Waals surface area contributed by atoms with Gasteiger partial charge in [0.2, 0.25) is 0 Å². The second-order valence-electron chi connectivity index (χ2n) is 14.8. The fraction of sp³-hybridized carbons (Fsp3) is 0.743. The minimum Gasteiger partial charge on any atom is -0.508 e. The minimum atomic E-state index is -1.92. The quantitative estimate of drug-likeness (QED) is 0.0623. The third-order valence-corrected chi connectivity index (χ3v) is 15.0. The molecule has 6 nitrogen and oxygen atoms in total. The first-order chi connectivity index (χ1) is 20.0. The van der Waals surface area contributed by atoms with Gasteiger partial charge in [-0.3, -0.25) is 0 Å². The van der Waals surface area contributed by atoms with Gasteiger partial charge in [0.25, 0.3) is 0 Å². The second kappa shape index (κ2) is 14.1. The van der Waals surface area contributed by atoms with Gasteiger partial charge in [-0.15, -0.1) is 0 Å². The zero-order valence-electron chi connectivity index (χ0n) is 28.3. The zero-order valence-corrected chi connectivity index (χ0v) is 30.1. The maximum atomic E-state index is 11.6. The third kappa shape index (κ3) is 8.31. The van der Waals surface area contributed by atoms with Crippen LogP contribution in [0.1, 0.15) is 110 Å². The highest BCUT2D eigenvalue weighted by Gasteiger charge is 2.54. The number of isothiocyanates is 1. The molecule has 1 saturated carbocycles. The van der Waals surface area contributed by atoms with Crippen LogP contribution in [0.3, 0.4) is 0 Å². The molecule has 1 aromatic rings. The lowest BCUT2D eigenvalue weighted by Gasteiger charge is -2.51. The van der Waals surface area contributed by atoms with Crippen molar-refractivity contribution in [2.24, 2.45) is 10.9 Å². The number of unbranched alkanes of at least 4 members (excludes halogenated alkanes) is 3. The van der Waals surface area contributed by atoms with E-state index in [0.29, 0.717) is 18.8 Å². The number of hydrogen-bond donors (Lipinski definition) is 1. The molecule has 0 amide bonds. The lowest BCUT2D eigenvalue weighted by Crippen LogP contribution is -2.52. The maximum absolute atomic E-state index is 11.6. The van der Waals surface area contributed by atoms with E-state index in [1.807, 2.05) is 6.07 Å². The molecule has 1 N–H and O–H groups in total. The van der Waals surface area contributed by atoms with Crippen molar-refractivity contribution in [3.05, 3.63) is 23.3 Å². The van der Waals surface area contributed by atoms with Gasteiger partial charge < -0.3 is 23.7 Å². The van der Waals surface area contributed by atoms with Gasteiger partial charge in [-0.05, 0) is 79.6 Å². The highest BCUT2D eigenvalue weighted by molar-refractivity contribution is 7.78. The topological polar surface area (TPSA) is 69.5 Å². The number of benzene rings is 1. The van der Waals surface area contributed by atoms with Gasteiger partial charge in [0, 0.05) is 51.0 Å². The first kappa shape index (κ1) is 35.8. The van der Waals surface area contributed by atoms with E-state index in [-0.39, 0.29) is 28.0 Å². The van der Waals surface area contributed by atoms with Crippen LogP contribution in [0.4, 0.5) is 0 Å². The second-order valence-corrected chi connectivity index (χ2v) is 19.8. The molecule has 8 heteroatoms. The number of ether oxygens (including phenoxy) is 3. The number of rotatable bonds is 12. The van der Waals surface area contributed by atoms with Crippen molar-refractivity contribution < 1.29 is 23.7 Å². The first-order valence-corrected chi connectivity index (χ1v) is 19.2. The van der Waals surface area contributed by atoms with E-state index < -0.39 is 19.7 Å². The highest BCUT2D eigenvalue weighted by atomic mass is 32.1. The third-order valence-electron chi connectivity index (χ3n) is 10.4. The van der Waals surface area contributed by atoms with Gasteiger partial charge in [0.1, 0.15) is 11.5 Å². The number of phenols is 1. The number of thiocarbonyl (C=S) groups is 1. The highest BCUT2D eigenvalue weighted by Crippen LogP contribution is 2.57. The molecular weight excluding hydrogens is 575 g/mol. The monoisotopic (exact) mass is 629 g/mol. The Morgan fingerprint density at radius 1 is 1.09 bits per heavy atom. The van der Waals surface area contributed by atoms with Crippen molar-refractivity contribution in [3.8, 4) is 23.3 Å². The molecule has 1 heterocycles. The summed E-state index contributed by atoms with van der Waals surface area (Å²) in [6, 6.07) is 4.09. The summed E-state index contributed by atoms with van der Waals surface area (Å²) in [5.41, 5.74) is 1.05. The molecule has 1 aliphatic carbocycles. The van der Waals surface area contributed by atoms with E-state index in [1.54, 1.807) is 14.2 Å². The smallest absolute Gasteiger partial charge is 0.193 e. The summed E-state index contributed by atoms with van der Waals surface area (Å²) in [5, 5.41) is 14.1. The van der Waals surface area contributed by atoms with Crippen LogP contribution in [0.5, 0.6) is 11.5 Å². The van der Waals surface area contributed by atoms with Crippen molar-refractivity contribution in [1.29, 1.82) is 0 Å². The maximum Gasteiger partial charge on any atom is 0.193 e. The Morgan fingerprint density at radius 3 is 2.40 bits per heavy atom. The van der Waals surface area contributed by atoms with Crippen molar-refractivity contribution in [1.82, 2.24) is 0 Å². The average molecular weight is 630 g/mol. The molecule has 1 aliphatic heterocycles. The zero-order chi connectivity index (χ0) is 32.1. The minimum absolute atomic E-state index is 0.0230. The van der Waals surface area contributed by atoms with E-state index in [0.717, 1.165) is 62.6 Å². The molecule has 0 aromatic heterocycles. The number of methoxy groups -OCH3 is 2. The average Bonchev–Trinajstić information content (AvgIpc) is 2.93. The van der Waals surface area contributed by atoms with E-state index >= 15 is 0 Å². The summed E-state index contributed by atoms with van der Waals surface area (Å²) in [5.74, 6) is 7.21. The lowest BCUT2D eigenvalue weighted by atomic mass is 9.64. The Hall–Kier alpha value is -1.72. The largest absolute Gasteiger partial charge is 0.508 e. The van der Waals surface area contributed by atoms with Crippen LogP contribution >= 0.6 is 12.2 Å². The Morgan fingerprint density at radius 2 is 1.77 bits per heavy atom. The fourth-order valence-corrected chi connectivity index (χ4v) is 7.36. The molecule has 0 saturated heterocycles. The van der Waals surface area contributed by atoms with Crippen molar-refractivity contribution >= 4 is 25.7 Å². The molecule has 3 atom stereocenters. The lowest BCUT2D eigenvalue weighted by molar-refractivity contribution is -0.237. The molecule has 1 aromatic carbocycles. The molecule has 3 rings (SSSR count). The SMILES string of the molecule is COC1(OC)CC[C@@H]2[C@@H](C1)c1c(O)cc(C(C)(C)CCCCCCN=C=S)cc1O[C@@]2(C)C#CCO[Si](C)(C)C(C)(C)C. The summed E-state index contributed by atoms with van der Waals surface area (Å²) < 4.78 is 25.1.